The molecule has 3 nitrogen and oxygen atoms in total. The second-order valence-electron chi connectivity index (χ2n) is 7.22. The zero-order valence-corrected chi connectivity index (χ0v) is 12.3. The van der Waals surface area contributed by atoms with Gasteiger partial charge in [-0.2, -0.15) is 0 Å². The van der Waals surface area contributed by atoms with Crippen molar-refractivity contribution in [2.24, 2.45) is 16.7 Å². The fourth-order valence-electron chi connectivity index (χ4n) is 4.37. The number of esters is 1. The molecule has 0 aliphatic heterocycles. The molecule has 2 bridgehead atoms. The van der Waals surface area contributed by atoms with E-state index in [9.17, 15) is 9.90 Å². The van der Waals surface area contributed by atoms with Crippen molar-refractivity contribution in [3.63, 3.8) is 0 Å². The van der Waals surface area contributed by atoms with E-state index in [0.29, 0.717) is 5.92 Å². The van der Waals surface area contributed by atoms with Crippen LogP contribution in [-0.4, -0.2) is 17.2 Å². The lowest BCUT2D eigenvalue weighted by molar-refractivity contribution is -0.0585. The predicted octanol–water partition coefficient (Wildman–Crippen LogP) is 3.76. The summed E-state index contributed by atoms with van der Waals surface area (Å²) in [4.78, 5) is 12.3. The number of hydrogen-bond donors (Lipinski definition) is 1. The molecule has 20 heavy (non-hydrogen) atoms. The summed E-state index contributed by atoms with van der Waals surface area (Å²) in [6.45, 7) is 6.63. The first-order chi connectivity index (χ1) is 9.34. The van der Waals surface area contributed by atoms with Crippen LogP contribution in [0.15, 0.2) is 24.3 Å². The summed E-state index contributed by atoms with van der Waals surface area (Å²) in [6, 6.07) is 6.57. The lowest BCUT2D eigenvalue weighted by atomic mass is 9.70. The molecule has 0 heterocycles. The Balaban J connectivity index is 1.85. The first-order valence-electron chi connectivity index (χ1n) is 7.33. The molecular weight excluding hydrogens is 252 g/mol. The van der Waals surface area contributed by atoms with E-state index >= 15 is 0 Å². The van der Waals surface area contributed by atoms with Gasteiger partial charge in [0, 0.05) is 10.8 Å². The van der Waals surface area contributed by atoms with Crippen molar-refractivity contribution >= 4 is 5.97 Å². The maximum Gasteiger partial charge on any atom is 0.342 e. The highest BCUT2D eigenvalue weighted by Crippen LogP contribution is 2.63. The lowest BCUT2D eigenvalue weighted by Gasteiger charge is -2.41. The van der Waals surface area contributed by atoms with Crippen LogP contribution in [0.3, 0.4) is 0 Å². The summed E-state index contributed by atoms with van der Waals surface area (Å²) in [7, 11) is 0. The van der Waals surface area contributed by atoms with E-state index in [1.807, 2.05) is 0 Å². The molecule has 1 N–H and O–H groups in total. The number of aromatic hydroxyl groups is 1. The van der Waals surface area contributed by atoms with Gasteiger partial charge in [-0.3, -0.25) is 0 Å². The Morgan fingerprint density at radius 1 is 1.30 bits per heavy atom. The van der Waals surface area contributed by atoms with Crippen LogP contribution in [0, 0.1) is 16.7 Å². The number of benzene rings is 1. The van der Waals surface area contributed by atoms with E-state index < -0.39 is 5.97 Å². The first kappa shape index (κ1) is 13.5. The first-order valence-corrected chi connectivity index (χ1v) is 7.33. The van der Waals surface area contributed by atoms with Gasteiger partial charge in [-0.1, -0.05) is 32.9 Å². The molecule has 0 spiro atoms. The summed E-state index contributed by atoms with van der Waals surface area (Å²) < 4.78 is 5.83. The van der Waals surface area contributed by atoms with Crippen LogP contribution in [0.2, 0.25) is 0 Å². The molecule has 0 amide bonds. The quantitative estimate of drug-likeness (QED) is 0.835. The summed E-state index contributed by atoms with van der Waals surface area (Å²) in [5.41, 5.74) is 0.371. The molecule has 3 heteroatoms. The van der Waals surface area contributed by atoms with Crippen LogP contribution in [0.25, 0.3) is 0 Å². The van der Waals surface area contributed by atoms with E-state index in [1.54, 1.807) is 18.2 Å². The number of para-hydroxylation sites is 1. The van der Waals surface area contributed by atoms with Crippen molar-refractivity contribution < 1.29 is 14.6 Å². The number of hydrogen-bond acceptors (Lipinski definition) is 3. The van der Waals surface area contributed by atoms with Crippen molar-refractivity contribution in [2.75, 3.05) is 0 Å². The van der Waals surface area contributed by atoms with Crippen LogP contribution in [0.5, 0.6) is 5.75 Å². The molecule has 2 fully saturated rings. The van der Waals surface area contributed by atoms with Gasteiger partial charge < -0.3 is 9.84 Å². The van der Waals surface area contributed by atoms with Gasteiger partial charge in [0.25, 0.3) is 0 Å². The van der Waals surface area contributed by atoms with Crippen LogP contribution < -0.4 is 0 Å². The summed E-state index contributed by atoms with van der Waals surface area (Å²) in [5, 5.41) is 9.78. The van der Waals surface area contributed by atoms with Crippen molar-refractivity contribution in [2.45, 2.75) is 46.1 Å². The monoisotopic (exact) mass is 274 g/mol. The number of phenolic OH excluding ortho intramolecular Hbond substituents is 1. The maximum atomic E-state index is 12.3. The molecule has 2 saturated carbocycles. The summed E-state index contributed by atoms with van der Waals surface area (Å²) in [6.07, 6.45) is 3.42. The Hall–Kier alpha value is -1.51. The third kappa shape index (κ3) is 1.83. The maximum absolute atomic E-state index is 12.3. The smallest absolute Gasteiger partial charge is 0.342 e. The van der Waals surface area contributed by atoms with Gasteiger partial charge in [-0.15, -0.1) is 0 Å². The van der Waals surface area contributed by atoms with Crippen molar-refractivity contribution in [1.82, 2.24) is 0 Å². The minimum atomic E-state index is -0.407. The second-order valence-corrected chi connectivity index (χ2v) is 7.22. The van der Waals surface area contributed by atoms with Crippen LogP contribution >= 0.6 is 0 Å². The van der Waals surface area contributed by atoms with Gasteiger partial charge >= 0.3 is 5.97 Å². The lowest BCUT2D eigenvalue weighted by Crippen LogP contribution is -2.43. The van der Waals surface area contributed by atoms with Crippen LogP contribution in [0.1, 0.15) is 50.4 Å². The van der Waals surface area contributed by atoms with E-state index in [-0.39, 0.29) is 28.2 Å². The molecular formula is C17H22O3. The Morgan fingerprint density at radius 3 is 2.60 bits per heavy atom. The average Bonchev–Trinajstić information content (AvgIpc) is 2.86. The van der Waals surface area contributed by atoms with Gasteiger partial charge in [0.2, 0.25) is 0 Å². The fraction of sp³-hybridized carbons (Fsp3) is 0.588. The number of ether oxygens (including phenoxy) is 1. The van der Waals surface area contributed by atoms with Gasteiger partial charge in [0.1, 0.15) is 17.4 Å². The third-order valence-electron chi connectivity index (χ3n) is 5.49. The van der Waals surface area contributed by atoms with Crippen molar-refractivity contribution in [3.8, 4) is 5.75 Å². The van der Waals surface area contributed by atoms with Gasteiger partial charge in [0.15, 0.2) is 0 Å². The Kier molecular flexibility index (Phi) is 2.86. The second kappa shape index (κ2) is 4.24. The van der Waals surface area contributed by atoms with E-state index in [0.717, 1.165) is 12.8 Å². The van der Waals surface area contributed by atoms with Crippen LogP contribution in [0.4, 0.5) is 0 Å². The summed E-state index contributed by atoms with van der Waals surface area (Å²) in [5.74, 6) is 0.216. The molecule has 3 unspecified atom stereocenters. The van der Waals surface area contributed by atoms with Crippen molar-refractivity contribution in [1.29, 1.82) is 0 Å². The zero-order valence-electron chi connectivity index (χ0n) is 12.3. The molecule has 3 atom stereocenters. The highest BCUT2D eigenvalue weighted by Gasteiger charge is 2.61. The van der Waals surface area contributed by atoms with Crippen LogP contribution in [-0.2, 0) is 4.74 Å². The van der Waals surface area contributed by atoms with Gasteiger partial charge in [-0.25, -0.2) is 4.79 Å². The highest BCUT2D eigenvalue weighted by atomic mass is 16.5. The third-order valence-corrected chi connectivity index (χ3v) is 5.49. The molecule has 108 valence electrons. The topological polar surface area (TPSA) is 46.5 Å². The Bertz CT molecular complexity index is 544. The SMILES string of the molecule is CC12CCC(C1)C(C)(C)C2OC(=O)c1ccccc1O. The van der Waals surface area contributed by atoms with E-state index in [4.69, 9.17) is 4.74 Å². The molecule has 3 rings (SSSR count). The van der Waals surface area contributed by atoms with Crippen molar-refractivity contribution in [3.05, 3.63) is 29.8 Å². The normalized spacial score (nSPS) is 34.1. The molecule has 0 aromatic heterocycles. The average molecular weight is 274 g/mol. The summed E-state index contributed by atoms with van der Waals surface area (Å²) >= 11 is 0. The van der Waals surface area contributed by atoms with E-state index in [2.05, 4.69) is 20.8 Å². The molecule has 2 aliphatic carbocycles. The largest absolute Gasteiger partial charge is 0.507 e. The minimum absolute atomic E-state index is 0.0105. The fourth-order valence-corrected chi connectivity index (χ4v) is 4.37. The van der Waals surface area contributed by atoms with E-state index in [1.165, 1.54) is 12.5 Å². The number of phenols is 1. The number of carbonyl (C=O) groups is 1. The standard InChI is InChI=1S/C17H22O3/c1-16(2)11-8-9-17(3,10-11)15(16)20-14(19)12-6-4-5-7-13(12)18/h4-7,11,15,18H,8-10H2,1-3H3. The molecule has 1 aromatic carbocycles. The minimum Gasteiger partial charge on any atom is -0.507 e. The Morgan fingerprint density at radius 2 is 2.00 bits per heavy atom. The molecule has 0 saturated heterocycles. The number of carbonyl (C=O) groups excluding carboxylic acids is 1. The molecule has 2 aliphatic rings. The Labute approximate surface area is 120 Å². The van der Waals surface area contributed by atoms with Gasteiger partial charge in [0.05, 0.1) is 0 Å². The zero-order chi connectivity index (χ0) is 14.5. The number of rotatable bonds is 2. The highest BCUT2D eigenvalue weighted by molar-refractivity contribution is 5.92. The van der Waals surface area contributed by atoms with Gasteiger partial charge in [-0.05, 0) is 37.3 Å². The molecule has 1 aromatic rings. The number of fused-ring (bicyclic) bond motifs is 2. The predicted molar refractivity (Wildman–Crippen MR) is 76.5 cm³/mol. The molecule has 0 radical (unpaired) electrons.